The van der Waals surface area contributed by atoms with Crippen molar-refractivity contribution in [3.63, 3.8) is 0 Å². The Bertz CT molecular complexity index is 416. The van der Waals surface area contributed by atoms with Crippen molar-refractivity contribution < 1.29 is 4.74 Å². The van der Waals surface area contributed by atoms with Crippen molar-refractivity contribution in [2.75, 3.05) is 20.7 Å². The number of rotatable bonds is 5. The first kappa shape index (κ1) is 19.2. The summed E-state index contributed by atoms with van der Waals surface area (Å²) in [7, 11) is 3.48. The molecule has 0 aliphatic rings. The number of nitrogens with one attached hydrogen (secondary N) is 2. The molecule has 0 fully saturated rings. The average molecular weight is 391 g/mol. The Labute approximate surface area is 139 Å². The number of methoxy groups -OCH3 is 1. The molecule has 0 bridgehead atoms. The van der Waals surface area contributed by atoms with Gasteiger partial charge in [-0.1, -0.05) is 29.8 Å². The van der Waals surface area contributed by atoms with Gasteiger partial charge in [0.05, 0.1) is 5.60 Å². The largest absolute Gasteiger partial charge is 0.377 e. The first-order chi connectivity index (χ1) is 8.96. The van der Waals surface area contributed by atoms with E-state index in [9.17, 15) is 0 Å². The first-order valence-electron chi connectivity index (χ1n) is 6.52. The lowest BCUT2D eigenvalue weighted by Gasteiger charge is -2.24. The molecule has 1 aromatic carbocycles. The molecular formula is C15H26IN3O. The highest BCUT2D eigenvalue weighted by Gasteiger charge is 2.16. The molecule has 114 valence electrons. The van der Waals surface area contributed by atoms with Crippen LogP contribution in [0.1, 0.15) is 25.0 Å². The fourth-order valence-electron chi connectivity index (χ4n) is 1.48. The Morgan fingerprint density at radius 1 is 1.20 bits per heavy atom. The molecule has 0 atom stereocenters. The molecule has 0 heterocycles. The van der Waals surface area contributed by atoms with E-state index in [0.717, 1.165) is 12.5 Å². The van der Waals surface area contributed by atoms with Gasteiger partial charge in [-0.05, 0) is 26.3 Å². The number of benzene rings is 1. The van der Waals surface area contributed by atoms with E-state index in [1.807, 2.05) is 13.8 Å². The number of ether oxygens (including phenoxy) is 1. The van der Waals surface area contributed by atoms with Gasteiger partial charge in [0.1, 0.15) is 0 Å². The van der Waals surface area contributed by atoms with Crippen molar-refractivity contribution in [3.8, 4) is 0 Å². The minimum absolute atomic E-state index is 0. The predicted octanol–water partition coefficient (Wildman–Crippen LogP) is 2.70. The standard InChI is InChI=1S/C15H25N3O.HI/c1-12-6-8-13(9-7-12)10-17-14(16-4)18-11-15(2,3)19-5;/h6-9H,10-11H2,1-5H3,(H2,16,17,18);1H. The monoisotopic (exact) mass is 391 g/mol. The van der Waals surface area contributed by atoms with Crippen LogP contribution in [-0.2, 0) is 11.3 Å². The third-order valence-corrected chi connectivity index (χ3v) is 3.04. The number of aryl methyl sites for hydroxylation is 1. The second-order valence-electron chi connectivity index (χ2n) is 5.23. The van der Waals surface area contributed by atoms with Crippen LogP contribution in [-0.4, -0.2) is 32.3 Å². The summed E-state index contributed by atoms with van der Waals surface area (Å²) < 4.78 is 5.36. The fourth-order valence-corrected chi connectivity index (χ4v) is 1.48. The second kappa shape index (κ2) is 9.18. The van der Waals surface area contributed by atoms with Gasteiger partial charge in [-0.2, -0.15) is 0 Å². The molecule has 0 spiro atoms. The van der Waals surface area contributed by atoms with E-state index >= 15 is 0 Å². The lowest BCUT2D eigenvalue weighted by Crippen LogP contribution is -2.45. The maximum atomic E-state index is 5.36. The molecule has 1 rings (SSSR count). The molecule has 0 radical (unpaired) electrons. The second-order valence-corrected chi connectivity index (χ2v) is 5.23. The number of hydrogen-bond donors (Lipinski definition) is 2. The molecule has 0 aliphatic carbocycles. The van der Waals surface area contributed by atoms with Crippen LogP contribution in [0.5, 0.6) is 0 Å². The quantitative estimate of drug-likeness (QED) is 0.461. The summed E-state index contributed by atoms with van der Waals surface area (Å²) in [6.07, 6.45) is 0. The molecule has 0 saturated carbocycles. The maximum Gasteiger partial charge on any atom is 0.191 e. The summed E-state index contributed by atoms with van der Waals surface area (Å²) in [5.41, 5.74) is 2.30. The SMILES string of the molecule is CN=C(NCc1ccc(C)cc1)NCC(C)(C)OC.I. The zero-order chi connectivity index (χ0) is 14.3. The van der Waals surface area contributed by atoms with E-state index in [1.165, 1.54) is 11.1 Å². The van der Waals surface area contributed by atoms with Crippen LogP contribution in [0, 0.1) is 6.92 Å². The summed E-state index contributed by atoms with van der Waals surface area (Å²) in [5, 5.41) is 6.54. The van der Waals surface area contributed by atoms with Gasteiger partial charge < -0.3 is 15.4 Å². The van der Waals surface area contributed by atoms with Gasteiger partial charge in [-0.3, -0.25) is 4.99 Å². The molecule has 2 N–H and O–H groups in total. The number of nitrogens with zero attached hydrogens (tertiary/aromatic N) is 1. The van der Waals surface area contributed by atoms with E-state index < -0.39 is 0 Å². The summed E-state index contributed by atoms with van der Waals surface area (Å²) in [4.78, 5) is 4.20. The third kappa shape index (κ3) is 7.09. The summed E-state index contributed by atoms with van der Waals surface area (Å²) in [5.74, 6) is 0.783. The summed E-state index contributed by atoms with van der Waals surface area (Å²) in [6, 6.07) is 8.46. The Morgan fingerprint density at radius 2 is 1.80 bits per heavy atom. The van der Waals surface area contributed by atoms with Crippen LogP contribution in [0.4, 0.5) is 0 Å². The highest BCUT2D eigenvalue weighted by Crippen LogP contribution is 2.05. The minimum atomic E-state index is -0.207. The molecule has 5 heteroatoms. The van der Waals surface area contributed by atoms with Crippen LogP contribution in [0.25, 0.3) is 0 Å². The van der Waals surface area contributed by atoms with Gasteiger partial charge in [0.15, 0.2) is 5.96 Å². The molecule has 0 aromatic heterocycles. The lowest BCUT2D eigenvalue weighted by atomic mass is 10.1. The maximum absolute atomic E-state index is 5.36. The molecule has 0 amide bonds. The predicted molar refractivity (Wildman–Crippen MR) is 95.9 cm³/mol. The Balaban J connectivity index is 0.00000361. The summed E-state index contributed by atoms with van der Waals surface area (Å²) >= 11 is 0. The third-order valence-electron chi connectivity index (χ3n) is 3.04. The number of guanidine groups is 1. The highest BCUT2D eigenvalue weighted by molar-refractivity contribution is 14.0. The molecule has 20 heavy (non-hydrogen) atoms. The van der Waals surface area contributed by atoms with Crippen molar-refractivity contribution in [3.05, 3.63) is 35.4 Å². The average Bonchev–Trinajstić information content (AvgIpc) is 2.41. The number of aliphatic imine (C=N–C) groups is 1. The van der Waals surface area contributed by atoms with E-state index in [4.69, 9.17) is 4.74 Å². The van der Waals surface area contributed by atoms with Crippen LogP contribution < -0.4 is 10.6 Å². The normalized spacial score (nSPS) is 11.8. The number of hydrogen-bond acceptors (Lipinski definition) is 2. The topological polar surface area (TPSA) is 45.7 Å². The molecule has 4 nitrogen and oxygen atoms in total. The zero-order valence-electron chi connectivity index (χ0n) is 13.0. The lowest BCUT2D eigenvalue weighted by molar-refractivity contribution is 0.0268. The Kier molecular flexibility index (Phi) is 8.80. The van der Waals surface area contributed by atoms with Crippen molar-refractivity contribution in [1.82, 2.24) is 10.6 Å². The van der Waals surface area contributed by atoms with Gasteiger partial charge >= 0.3 is 0 Å². The van der Waals surface area contributed by atoms with Gasteiger partial charge in [0, 0.05) is 27.2 Å². The molecular weight excluding hydrogens is 365 g/mol. The van der Waals surface area contributed by atoms with Crippen molar-refractivity contribution in [2.24, 2.45) is 4.99 Å². The smallest absolute Gasteiger partial charge is 0.191 e. The molecule has 0 unspecified atom stereocenters. The molecule has 1 aromatic rings. The van der Waals surface area contributed by atoms with Crippen LogP contribution in [0.3, 0.4) is 0 Å². The zero-order valence-corrected chi connectivity index (χ0v) is 15.3. The van der Waals surface area contributed by atoms with Crippen molar-refractivity contribution in [1.29, 1.82) is 0 Å². The van der Waals surface area contributed by atoms with E-state index in [2.05, 4.69) is 46.8 Å². The van der Waals surface area contributed by atoms with Gasteiger partial charge in [0.25, 0.3) is 0 Å². The fraction of sp³-hybridized carbons (Fsp3) is 0.533. The van der Waals surface area contributed by atoms with Crippen LogP contribution >= 0.6 is 24.0 Å². The van der Waals surface area contributed by atoms with Crippen LogP contribution in [0.15, 0.2) is 29.3 Å². The molecule has 0 saturated heterocycles. The van der Waals surface area contributed by atoms with E-state index in [-0.39, 0.29) is 29.6 Å². The van der Waals surface area contributed by atoms with Crippen molar-refractivity contribution >= 4 is 29.9 Å². The number of halogens is 1. The first-order valence-corrected chi connectivity index (χ1v) is 6.52. The van der Waals surface area contributed by atoms with Gasteiger partial charge in [-0.25, -0.2) is 0 Å². The molecule has 0 aliphatic heterocycles. The van der Waals surface area contributed by atoms with E-state index in [1.54, 1.807) is 14.2 Å². The van der Waals surface area contributed by atoms with Crippen LogP contribution in [0.2, 0.25) is 0 Å². The summed E-state index contributed by atoms with van der Waals surface area (Å²) in [6.45, 7) is 7.62. The Morgan fingerprint density at radius 3 is 2.30 bits per heavy atom. The van der Waals surface area contributed by atoms with E-state index in [0.29, 0.717) is 6.54 Å². The van der Waals surface area contributed by atoms with Crippen molar-refractivity contribution in [2.45, 2.75) is 32.9 Å². The van der Waals surface area contributed by atoms with Gasteiger partial charge in [-0.15, -0.1) is 24.0 Å². The minimum Gasteiger partial charge on any atom is -0.377 e. The Hall–Kier alpha value is -0.820. The highest BCUT2D eigenvalue weighted by atomic mass is 127. The van der Waals surface area contributed by atoms with Gasteiger partial charge in [0.2, 0.25) is 0 Å².